The van der Waals surface area contributed by atoms with Gasteiger partial charge in [0.05, 0.1) is 11.0 Å². The summed E-state index contributed by atoms with van der Waals surface area (Å²) in [5.41, 5.74) is 7.68. The number of benzene rings is 5. The minimum atomic E-state index is 0.341. The lowest BCUT2D eigenvalue weighted by Crippen LogP contribution is -1.96. The highest BCUT2D eigenvalue weighted by molar-refractivity contribution is 6.21. The summed E-state index contributed by atoms with van der Waals surface area (Å²) >= 11 is 0. The van der Waals surface area contributed by atoms with Crippen LogP contribution in [-0.4, -0.2) is 4.57 Å². The van der Waals surface area contributed by atoms with Crippen LogP contribution in [0, 0.1) is 6.92 Å². The molecule has 0 bridgehead atoms. The Kier molecular flexibility index (Phi) is 4.36. The van der Waals surface area contributed by atoms with Crippen molar-refractivity contribution < 1.29 is 0 Å². The van der Waals surface area contributed by atoms with Gasteiger partial charge in [-0.3, -0.25) is 0 Å². The number of aryl methyl sites for hydroxylation is 1. The molecule has 0 aliphatic rings. The second kappa shape index (κ2) is 7.39. The van der Waals surface area contributed by atoms with Gasteiger partial charge in [-0.25, -0.2) is 0 Å². The molecular weight excluding hydrogens is 386 g/mol. The average Bonchev–Trinajstić information content (AvgIpc) is 3.19. The summed E-state index contributed by atoms with van der Waals surface area (Å²) in [6.45, 7) is 4.44. The maximum absolute atomic E-state index is 2.41. The topological polar surface area (TPSA) is 4.93 Å². The van der Waals surface area contributed by atoms with Crippen LogP contribution in [0.5, 0.6) is 0 Å². The standard InChI is InChI=1S/C31H25N/c1-21-12-16-26(17-13-21)32-29-18-15-25(22(2)23-8-4-3-5-9-23)20-28(29)31-27-11-7-6-10-24(27)14-19-30(31)32/h3-20,22H,1-2H3. The van der Waals surface area contributed by atoms with Crippen molar-refractivity contribution in [1.29, 1.82) is 0 Å². The first-order valence-corrected chi connectivity index (χ1v) is 11.3. The Morgan fingerprint density at radius 3 is 2.12 bits per heavy atom. The van der Waals surface area contributed by atoms with E-state index in [1.165, 1.54) is 55.0 Å². The van der Waals surface area contributed by atoms with Gasteiger partial charge in [-0.15, -0.1) is 0 Å². The second-order valence-corrected chi connectivity index (χ2v) is 8.76. The fourth-order valence-electron chi connectivity index (χ4n) is 4.98. The van der Waals surface area contributed by atoms with Gasteiger partial charge >= 0.3 is 0 Å². The van der Waals surface area contributed by atoms with Crippen LogP contribution in [0.4, 0.5) is 0 Å². The maximum atomic E-state index is 2.41. The van der Waals surface area contributed by atoms with Gasteiger partial charge in [0.25, 0.3) is 0 Å². The quantitative estimate of drug-likeness (QED) is 0.275. The van der Waals surface area contributed by atoms with Crippen LogP contribution in [0.1, 0.15) is 29.5 Å². The molecule has 0 amide bonds. The molecule has 0 spiro atoms. The molecule has 0 aliphatic carbocycles. The molecule has 1 heteroatoms. The normalized spacial score (nSPS) is 12.6. The van der Waals surface area contributed by atoms with Crippen LogP contribution in [0.25, 0.3) is 38.3 Å². The molecule has 5 aromatic carbocycles. The van der Waals surface area contributed by atoms with E-state index in [2.05, 4.69) is 128 Å². The SMILES string of the molecule is Cc1ccc(-n2c3ccc(C(C)c4ccccc4)cc3c3c4ccccc4ccc32)cc1. The van der Waals surface area contributed by atoms with Gasteiger partial charge < -0.3 is 4.57 Å². The summed E-state index contributed by atoms with van der Waals surface area (Å²) in [4.78, 5) is 0. The van der Waals surface area contributed by atoms with E-state index in [9.17, 15) is 0 Å². The predicted octanol–water partition coefficient (Wildman–Crippen LogP) is 8.40. The van der Waals surface area contributed by atoms with E-state index in [1.54, 1.807) is 0 Å². The number of fused-ring (bicyclic) bond motifs is 5. The van der Waals surface area contributed by atoms with Gasteiger partial charge in [-0.05, 0) is 59.2 Å². The van der Waals surface area contributed by atoms with Gasteiger partial charge in [0.1, 0.15) is 0 Å². The Morgan fingerprint density at radius 2 is 1.31 bits per heavy atom. The zero-order valence-corrected chi connectivity index (χ0v) is 18.4. The maximum Gasteiger partial charge on any atom is 0.0547 e. The third-order valence-corrected chi connectivity index (χ3v) is 6.77. The van der Waals surface area contributed by atoms with Crippen molar-refractivity contribution in [2.75, 3.05) is 0 Å². The molecule has 154 valence electrons. The molecular formula is C31H25N. The molecule has 0 saturated carbocycles. The van der Waals surface area contributed by atoms with Crippen molar-refractivity contribution in [3.8, 4) is 5.69 Å². The highest BCUT2D eigenvalue weighted by Gasteiger charge is 2.17. The molecule has 0 aliphatic heterocycles. The van der Waals surface area contributed by atoms with Crippen LogP contribution in [0.2, 0.25) is 0 Å². The zero-order chi connectivity index (χ0) is 21.7. The summed E-state index contributed by atoms with van der Waals surface area (Å²) < 4.78 is 2.41. The smallest absolute Gasteiger partial charge is 0.0547 e. The van der Waals surface area contributed by atoms with Gasteiger partial charge in [-0.1, -0.05) is 91.3 Å². The molecule has 0 fully saturated rings. The highest BCUT2D eigenvalue weighted by atomic mass is 15.0. The van der Waals surface area contributed by atoms with Gasteiger partial charge in [0.15, 0.2) is 0 Å². The van der Waals surface area contributed by atoms with Gasteiger partial charge in [0, 0.05) is 22.4 Å². The Labute approximate surface area is 188 Å². The lowest BCUT2D eigenvalue weighted by atomic mass is 9.92. The molecule has 1 atom stereocenters. The number of aromatic nitrogens is 1. The summed E-state index contributed by atoms with van der Waals surface area (Å²) in [6.07, 6.45) is 0. The molecule has 0 saturated heterocycles. The molecule has 1 aromatic heterocycles. The molecule has 6 rings (SSSR count). The first kappa shape index (κ1) is 18.9. The predicted molar refractivity (Wildman–Crippen MR) is 137 cm³/mol. The largest absolute Gasteiger partial charge is 0.309 e. The van der Waals surface area contributed by atoms with Crippen molar-refractivity contribution in [3.63, 3.8) is 0 Å². The lowest BCUT2D eigenvalue weighted by molar-refractivity contribution is 0.924. The van der Waals surface area contributed by atoms with Crippen LogP contribution < -0.4 is 0 Å². The van der Waals surface area contributed by atoms with E-state index >= 15 is 0 Å². The molecule has 1 unspecified atom stereocenters. The van der Waals surface area contributed by atoms with E-state index in [0.717, 1.165) is 0 Å². The Balaban J connectivity index is 1.69. The lowest BCUT2D eigenvalue weighted by Gasteiger charge is -2.13. The van der Waals surface area contributed by atoms with E-state index in [-0.39, 0.29) is 0 Å². The van der Waals surface area contributed by atoms with Crippen molar-refractivity contribution in [1.82, 2.24) is 4.57 Å². The molecule has 32 heavy (non-hydrogen) atoms. The minimum Gasteiger partial charge on any atom is -0.309 e. The first-order chi connectivity index (χ1) is 15.7. The number of nitrogens with zero attached hydrogens (tertiary/aromatic N) is 1. The van der Waals surface area contributed by atoms with Crippen LogP contribution >= 0.6 is 0 Å². The fourth-order valence-corrected chi connectivity index (χ4v) is 4.98. The van der Waals surface area contributed by atoms with Crippen molar-refractivity contribution in [2.24, 2.45) is 0 Å². The highest BCUT2D eigenvalue weighted by Crippen LogP contribution is 2.38. The third-order valence-electron chi connectivity index (χ3n) is 6.77. The average molecular weight is 412 g/mol. The van der Waals surface area contributed by atoms with Crippen molar-refractivity contribution in [2.45, 2.75) is 19.8 Å². The number of hydrogen-bond acceptors (Lipinski definition) is 0. The minimum absolute atomic E-state index is 0.341. The van der Waals surface area contributed by atoms with E-state index in [0.29, 0.717) is 5.92 Å². The Hall–Kier alpha value is -3.84. The zero-order valence-electron chi connectivity index (χ0n) is 18.4. The first-order valence-electron chi connectivity index (χ1n) is 11.3. The van der Waals surface area contributed by atoms with Gasteiger partial charge in [0.2, 0.25) is 0 Å². The summed E-state index contributed by atoms with van der Waals surface area (Å²) in [5.74, 6) is 0.341. The van der Waals surface area contributed by atoms with Crippen molar-refractivity contribution in [3.05, 3.63) is 126 Å². The van der Waals surface area contributed by atoms with E-state index < -0.39 is 0 Å². The summed E-state index contributed by atoms with van der Waals surface area (Å²) in [5, 5.41) is 5.24. The molecule has 0 N–H and O–H groups in total. The Bertz CT molecular complexity index is 1570. The summed E-state index contributed by atoms with van der Waals surface area (Å²) in [6, 6.07) is 39.9. The van der Waals surface area contributed by atoms with E-state index in [4.69, 9.17) is 0 Å². The molecule has 1 nitrogen and oxygen atoms in total. The molecule has 0 radical (unpaired) electrons. The van der Waals surface area contributed by atoms with Gasteiger partial charge in [-0.2, -0.15) is 0 Å². The fraction of sp³-hybridized carbons (Fsp3) is 0.0968. The molecule has 6 aromatic rings. The van der Waals surface area contributed by atoms with Crippen molar-refractivity contribution >= 4 is 32.6 Å². The third kappa shape index (κ3) is 2.93. The van der Waals surface area contributed by atoms with E-state index in [1.807, 2.05) is 0 Å². The number of hydrogen-bond donors (Lipinski definition) is 0. The molecule has 1 heterocycles. The van der Waals surface area contributed by atoms with Crippen LogP contribution in [0.3, 0.4) is 0 Å². The van der Waals surface area contributed by atoms with Crippen LogP contribution in [-0.2, 0) is 0 Å². The Morgan fingerprint density at radius 1 is 0.594 bits per heavy atom. The number of rotatable bonds is 3. The summed E-state index contributed by atoms with van der Waals surface area (Å²) in [7, 11) is 0. The van der Waals surface area contributed by atoms with Crippen LogP contribution in [0.15, 0.2) is 109 Å². The second-order valence-electron chi connectivity index (χ2n) is 8.76. The monoisotopic (exact) mass is 411 g/mol.